The lowest BCUT2D eigenvalue weighted by Crippen LogP contribution is -2.39. The summed E-state index contributed by atoms with van der Waals surface area (Å²) in [7, 11) is 0. The average Bonchev–Trinajstić information content (AvgIpc) is 3.77. The van der Waals surface area contributed by atoms with Gasteiger partial charge >= 0.3 is 0 Å². The van der Waals surface area contributed by atoms with Gasteiger partial charge in [0.15, 0.2) is 0 Å². The number of aromatic nitrogens is 6. The molecule has 47 heavy (non-hydrogen) atoms. The monoisotopic (exact) mass is 610 g/mol. The molecule has 0 unspecified atom stereocenters. The molecular formula is C40H30N6O. The third-order valence-corrected chi connectivity index (χ3v) is 8.65. The molecule has 0 fully saturated rings. The summed E-state index contributed by atoms with van der Waals surface area (Å²) in [4.78, 5) is 18.3. The molecule has 0 bridgehead atoms. The van der Waals surface area contributed by atoms with Gasteiger partial charge in [-0.05, 0) is 34.9 Å². The van der Waals surface area contributed by atoms with Gasteiger partial charge in [-0.25, -0.2) is 14.2 Å². The highest BCUT2D eigenvalue weighted by molar-refractivity contribution is 5.90. The Morgan fingerprint density at radius 2 is 1.15 bits per heavy atom. The van der Waals surface area contributed by atoms with Gasteiger partial charge < -0.3 is 4.57 Å². The first-order chi connectivity index (χ1) is 23.2. The maximum atomic E-state index is 13.5. The highest BCUT2D eigenvalue weighted by Crippen LogP contribution is 2.41. The quantitative estimate of drug-likeness (QED) is 0.169. The topological polar surface area (TPSA) is 70.0 Å². The van der Waals surface area contributed by atoms with E-state index in [9.17, 15) is 4.79 Å². The molecule has 0 spiro atoms. The van der Waals surface area contributed by atoms with E-state index < -0.39 is 5.54 Å². The Labute approximate surface area is 271 Å². The van der Waals surface area contributed by atoms with Crippen LogP contribution in [0.25, 0.3) is 28.0 Å². The molecule has 0 atom stereocenters. The van der Waals surface area contributed by atoms with E-state index in [1.54, 1.807) is 18.3 Å². The molecule has 226 valence electrons. The molecule has 0 radical (unpaired) electrons. The normalized spacial score (nSPS) is 11.6. The van der Waals surface area contributed by atoms with Gasteiger partial charge in [0.25, 0.3) is 5.56 Å². The summed E-state index contributed by atoms with van der Waals surface area (Å²) < 4.78 is 5.54. The number of nitrogens with zero attached hydrogens (tertiary/aromatic N) is 6. The van der Waals surface area contributed by atoms with Crippen molar-refractivity contribution in [1.82, 2.24) is 28.9 Å². The minimum Gasteiger partial charge on any atom is -0.315 e. The summed E-state index contributed by atoms with van der Waals surface area (Å²) in [6.07, 6.45) is 5.72. The van der Waals surface area contributed by atoms with Crippen LogP contribution in [0.4, 0.5) is 0 Å². The third kappa shape index (κ3) is 4.85. The van der Waals surface area contributed by atoms with Crippen molar-refractivity contribution in [3.8, 4) is 22.5 Å². The molecule has 8 aromatic rings. The lowest BCUT2D eigenvalue weighted by atomic mass is 9.76. The van der Waals surface area contributed by atoms with Crippen LogP contribution in [0.2, 0.25) is 0 Å². The Bertz CT molecular complexity index is 2250. The van der Waals surface area contributed by atoms with Crippen LogP contribution in [0.3, 0.4) is 0 Å². The molecule has 0 aliphatic heterocycles. The second-order valence-corrected chi connectivity index (χ2v) is 11.4. The maximum absolute atomic E-state index is 13.5. The van der Waals surface area contributed by atoms with Gasteiger partial charge in [-0.3, -0.25) is 4.79 Å². The van der Waals surface area contributed by atoms with Gasteiger partial charge in [0, 0.05) is 30.2 Å². The molecule has 0 aliphatic carbocycles. The molecule has 7 heteroatoms. The number of rotatable bonds is 8. The van der Waals surface area contributed by atoms with E-state index in [2.05, 4.69) is 77.4 Å². The highest BCUT2D eigenvalue weighted by Gasteiger charge is 2.39. The average molecular weight is 611 g/mol. The van der Waals surface area contributed by atoms with Gasteiger partial charge in [0.2, 0.25) is 0 Å². The second-order valence-electron chi connectivity index (χ2n) is 11.4. The number of benzene rings is 4. The van der Waals surface area contributed by atoms with Crippen molar-refractivity contribution in [2.45, 2.75) is 12.1 Å². The summed E-state index contributed by atoms with van der Waals surface area (Å²) in [5.74, 6) is 0.691. The van der Waals surface area contributed by atoms with E-state index in [0.29, 0.717) is 11.5 Å². The fraction of sp³-hybridized carbons (Fsp3) is 0.0500. The standard InChI is InChI=1S/C40H30N6O/c47-37-25-24-34(38-35-23-13-14-27-45(35)43-39(38)30-15-5-1-6-16-30)42-46(37)29-36-41-26-28-44(36)40(31-17-7-2-8-18-31,32-19-9-3-10-20-32)33-21-11-4-12-22-33/h1-28H,29H2. The molecule has 0 saturated carbocycles. The van der Waals surface area contributed by atoms with E-state index in [1.807, 2.05) is 83.6 Å². The first-order valence-electron chi connectivity index (χ1n) is 15.5. The van der Waals surface area contributed by atoms with E-state index >= 15 is 0 Å². The van der Waals surface area contributed by atoms with E-state index in [-0.39, 0.29) is 12.1 Å². The van der Waals surface area contributed by atoms with E-state index in [4.69, 9.17) is 15.2 Å². The van der Waals surface area contributed by atoms with Crippen LogP contribution >= 0.6 is 0 Å². The van der Waals surface area contributed by atoms with Gasteiger partial charge in [0.1, 0.15) is 23.6 Å². The van der Waals surface area contributed by atoms with Crippen LogP contribution in [-0.4, -0.2) is 28.9 Å². The molecule has 0 saturated heterocycles. The Balaban J connectivity index is 1.31. The zero-order valence-corrected chi connectivity index (χ0v) is 25.5. The van der Waals surface area contributed by atoms with E-state index in [0.717, 1.165) is 39.0 Å². The molecule has 0 amide bonds. The van der Waals surface area contributed by atoms with Crippen LogP contribution in [0, 0.1) is 0 Å². The largest absolute Gasteiger partial charge is 0.315 e. The molecule has 4 aromatic carbocycles. The summed E-state index contributed by atoms with van der Waals surface area (Å²) in [6.45, 7) is 0.161. The number of imidazole rings is 1. The highest BCUT2D eigenvalue weighted by atomic mass is 16.1. The fourth-order valence-corrected chi connectivity index (χ4v) is 6.59. The molecule has 0 N–H and O–H groups in total. The summed E-state index contributed by atoms with van der Waals surface area (Å²) in [5.41, 5.74) is 6.43. The lowest BCUT2D eigenvalue weighted by molar-refractivity contribution is 0.473. The molecule has 4 aromatic heterocycles. The Morgan fingerprint density at radius 3 is 1.77 bits per heavy atom. The van der Waals surface area contributed by atoms with Crippen LogP contribution in [0.15, 0.2) is 175 Å². The van der Waals surface area contributed by atoms with Gasteiger partial charge in [0.05, 0.1) is 16.8 Å². The van der Waals surface area contributed by atoms with Crippen molar-refractivity contribution in [3.63, 3.8) is 0 Å². The Morgan fingerprint density at radius 1 is 0.574 bits per heavy atom. The molecule has 4 heterocycles. The SMILES string of the molecule is O=c1ccc(-c2c(-c3ccccc3)nn3ccccc23)nn1Cc1nccn1C(c1ccccc1)(c1ccccc1)c1ccccc1. The van der Waals surface area contributed by atoms with Crippen molar-refractivity contribution in [2.24, 2.45) is 0 Å². The molecule has 7 nitrogen and oxygen atoms in total. The maximum Gasteiger partial charge on any atom is 0.267 e. The minimum atomic E-state index is -0.764. The first-order valence-corrected chi connectivity index (χ1v) is 15.5. The van der Waals surface area contributed by atoms with Crippen molar-refractivity contribution >= 4 is 5.52 Å². The zero-order valence-electron chi connectivity index (χ0n) is 25.5. The smallest absolute Gasteiger partial charge is 0.267 e. The number of hydrogen-bond donors (Lipinski definition) is 0. The molecule has 8 rings (SSSR count). The van der Waals surface area contributed by atoms with Crippen molar-refractivity contribution < 1.29 is 0 Å². The number of pyridine rings is 1. The lowest BCUT2D eigenvalue weighted by Gasteiger charge is -2.38. The third-order valence-electron chi connectivity index (χ3n) is 8.65. The summed E-state index contributed by atoms with van der Waals surface area (Å²) >= 11 is 0. The van der Waals surface area contributed by atoms with Gasteiger partial charge in [-0.15, -0.1) is 0 Å². The predicted octanol–water partition coefficient (Wildman–Crippen LogP) is 7.31. The zero-order chi connectivity index (χ0) is 31.6. The van der Waals surface area contributed by atoms with E-state index in [1.165, 1.54) is 4.68 Å². The number of fused-ring (bicyclic) bond motifs is 1. The molecule has 0 aliphatic rings. The van der Waals surface area contributed by atoms with Crippen molar-refractivity contribution in [2.75, 3.05) is 0 Å². The van der Waals surface area contributed by atoms with Crippen molar-refractivity contribution in [1.29, 1.82) is 0 Å². The van der Waals surface area contributed by atoms with Crippen molar-refractivity contribution in [3.05, 3.63) is 203 Å². The summed E-state index contributed by atoms with van der Waals surface area (Å²) in [5, 5.41) is 9.87. The second kappa shape index (κ2) is 11.9. The minimum absolute atomic E-state index is 0.161. The first kappa shape index (κ1) is 28.2. The predicted molar refractivity (Wildman–Crippen MR) is 184 cm³/mol. The summed E-state index contributed by atoms with van der Waals surface area (Å²) in [6, 6.07) is 50.7. The van der Waals surface area contributed by atoms with Crippen LogP contribution in [0.1, 0.15) is 22.5 Å². The Kier molecular flexibility index (Phi) is 7.11. The van der Waals surface area contributed by atoms with Gasteiger partial charge in [-0.1, -0.05) is 127 Å². The van der Waals surface area contributed by atoms with Crippen LogP contribution < -0.4 is 5.56 Å². The van der Waals surface area contributed by atoms with Crippen LogP contribution in [-0.2, 0) is 12.1 Å². The van der Waals surface area contributed by atoms with Gasteiger partial charge in [-0.2, -0.15) is 10.2 Å². The number of hydrogen-bond acceptors (Lipinski definition) is 4. The molecular weight excluding hydrogens is 580 g/mol. The van der Waals surface area contributed by atoms with Crippen LogP contribution in [0.5, 0.6) is 0 Å². The fourth-order valence-electron chi connectivity index (χ4n) is 6.59. The Hall–Kier alpha value is -6.34.